The van der Waals surface area contributed by atoms with E-state index in [1.165, 1.54) is 11.3 Å². The molecule has 0 aliphatic carbocycles. The van der Waals surface area contributed by atoms with Crippen molar-refractivity contribution in [1.29, 1.82) is 0 Å². The number of ether oxygens (including phenoxy) is 1. The van der Waals surface area contributed by atoms with E-state index in [1.807, 2.05) is 30.5 Å². The highest BCUT2D eigenvalue weighted by atomic mass is 79.9. The number of halogens is 1. The quantitative estimate of drug-likeness (QED) is 0.793. The number of thiophene rings is 1. The Bertz CT molecular complexity index is 534. The number of hydrogen-bond acceptors (Lipinski definition) is 3. The van der Waals surface area contributed by atoms with Gasteiger partial charge >= 0.3 is 0 Å². The average molecular weight is 311 g/mol. The maximum Gasteiger partial charge on any atom is 0.203 e. The Kier molecular flexibility index (Phi) is 3.97. The zero-order valence-corrected chi connectivity index (χ0v) is 11.7. The molecular formula is C13H11BrO2S. The summed E-state index contributed by atoms with van der Waals surface area (Å²) >= 11 is 4.78. The number of ketones is 1. The number of carbonyl (C=O) groups excluding carboxylic acids is 1. The highest BCUT2D eigenvalue weighted by molar-refractivity contribution is 9.10. The van der Waals surface area contributed by atoms with Gasteiger partial charge in [-0.1, -0.05) is 12.1 Å². The van der Waals surface area contributed by atoms with Crippen molar-refractivity contribution >= 4 is 33.0 Å². The van der Waals surface area contributed by atoms with Gasteiger partial charge in [0.05, 0.1) is 11.5 Å². The van der Waals surface area contributed by atoms with E-state index in [4.69, 9.17) is 4.74 Å². The van der Waals surface area contributed by atoms with Gasteiger partial charge in [-0.2, -0.15) is 0 Å². The SMILES string of the molecule is CCOc1cccc(C(=O)c2cc(Br)cs2)c1. The molecule has 0 atom stereocenters. The minimum absolute atomic E-state index is 0.0299. The van der Waals surface area contributed by atoms with Gasteiger partial charge in [0.1, 0.15) is 5.75 Å². The molecule has 2 aromatic rings. The molecule has 0 saturated carbocycles. The summed E-state index contributed by atoms with van der Waals surface area (Å²) in [5.74, 6) is 0.760. The third kappa shape index (κ3) is 2.96. The summed E-state index contributed by atoms with van der Waals surface area (Å²) in [6, 6.07) is 9.10. The summed E-state index contributed by atoms with van der Waals surface area (Å²) in [5, 5.41) is 1.90. The van der Waals surface area contributed by atoms with E-state index in [0.29, 0.717) is 12.2 Å². The van der Waals surface area contributed by atoms with Crippen molar-refractivity contribution in [3.05, 3.63) is 50.6 Å². The minimum Gasteiger partial charge on any atom is -0.494 e. The first-order chi connectivity index (χ1) is 8.20. The lowest BCUT2D eigenvalue weighted by molar-refractivity contribution is 0.104. The Morgan fingerprint density at radius 1 is 1.41 bits per heavy atom. The summed E-state index contributed by atoms with van der Waals surface area (Å²) in [5.41, 5.74) is 0.658. The molecule has 2 nitrogen and oxygen atoms in total. The smallest absolute Gasteiger partial charge is 0.203 e. The first-order valence-corrected chi connectivity index (χ1v) is 6.89. The first kappa shape index (κ1) is 12.3. The molecule has 0 fully saturated rings. The van der Waals surface area contributed by atoms with E-state index in [2.05, 4.69) is 15.9 Å². The summed E-state index contributed by atoms with van der Waals surface area (Å²) in [6.45, 7) is 2.52. The van der Waals surface area contributed by atoms with Crippen LogP contribution in [0.4, 0.5) is 0 Å². The van der Waals surface area contributed by atoms with Crippen molar-refractivity contribution in [3.8, 4) is 5.75 Å². The van der Waals surface area contributed by atoms with Crippen LogP contribution in [0.3, 0.4) is 0 Å². The van der Waals surface area contributed by atoms with Crippen LogP contribution in [0.1, 0.15) is 22.2 Å². The summed E-state index contributed by atoms with van der Waals surface area (Å²) in [7, 11) is 0. The summed E-state index contributed by atoms with van der Waals surface area (Å²) in [4.78, 5) is 12.9. The lowest BCUT2D eigenvalue weighted by atomic mass is 10.1. The number of hydrogen-bond donors (Lipinski definition) is 0. The second kappa shape index (κ2) is 5.47. The zero-order valence-electron chi connectivity index (χ0n) is 9.27. The van der Waals surface area contributed by atoms with Gasteiger partial charge in [0.25, 0.3) is 0 Å². The highest BCUT2D eigenvalue weighted by Crippen LogP contribution is 2.24. The molecule has 0 aliphatic heterocycles. The molecule has 0 amide bonds. The molecular weight excluding hydrogens is 300 g/mol. The molecule has 0 bridgehead atoms. The van der Waals surface area contributed by atoms with Crippen LogP contribution >= 0.6 is 27.3 Å². The van der Waals surface area contributed by atoms with Crippen molar-refractivity contribution < 1.29 is 9.53 Å². The monoisotopic (exact) mass is 310 g/mol. The number of carbonyl (C=O) groups is 1. The van der Waals surface area contributed by atoms with Crippen LogP contribution in [0.2, 0.25) is 0 Å². The van der Waals surface area contributed by atoms with Crippen molar-refractivity contribution in [2.24, 2.45) is 0 Å². The van der Waals surface area contributed by atoms with E-state index >= 15 is 0 Å². The molecule has 0 saturated heterocycles. The van der Waals surface area contributed by atoms with Gasteiger partial charge < -0.3 is 4.74 Å². The molecule has 0 spiro atoms. The second-order valence-corrected chi connectivity index (χ2v) is 5.25. The van der Waals surface area contributed by atoms with Gasteiger partial charge in [-0.25, -0.2) is 0 Å². The van der Waals surface area contributed by atoms with E-state index in [9.17, 15) is 4.79 Å². The lowest BCUT2D eigenvalue weighted by Crippen LogP contribution is -1.99. The van der Waals surface area contributed by atoms with Crippen LogP contribution < -0.4 is 4.74 Å². The average Bonchev–Trinajstić information content (AvgIpc) is 2.76. The fourth-order valence-electron chi connectivity index (χ4n) is 1.47. The van der Waals surface area contributed by atoms with Crippen LogP contribution in [0.25, 0.3) is 0 Å². The van der Waals surface area contributed by atoms with Crippen LogP contribution in [0, 0.1) is 0 Å². The largest absolute Gasteiger partial charge is 0.494 e. The molecule has 0 unspecified atom stereocenters. The van der Waals surface area contributed by atoms with Crippen LogP contribution in [-0.4, -0.2) is 12.4 Å². The van der Waals surface area contributed by atoms with Gasteiger partial charge in [-0.05, 0) is 41.1 Å². The van der Waals surface area contributed by atoms with Crippen molar-refractivity contribution in [2.45, 2.75) is 6.92 Å². The standard InChI is InChI=1S/C13H11BrO2S/c1-2-16-11-5-3-4-9(6-11)13(15)12-7-10(14)8-17-12/h3-8H,2H2,1H3. The third-order valence-corrected chi connectivity index (χ3v) is 3.89. The Morgan fingerprint density at radius 2 is 2.24 bits per heavy atom. The van der Waals surface area contributed by atoms with E-state index in [1.54, 1.807) is 12.1 Å². The normalized spacial score (nSPS) is 10.2. The van der Waals surface area contributed by atoms with Crippen molar-refractivity contribution in [1.82, 2.24) is 0 Å². The predicted octanol–water partition coefficient (Wildman–Crippen LogP) is 4.14. The molecule has 1 aromatic carbocycles. The fourth-order valence-corrected chi connectivity index (χ4v) is 2.86. The predicted molar refractivity (Wildman–Crippen MR) is 73.1 cm³/mol. The molecule has 0 aliphatic rings. The summed E-state index contributed by atoms with van der Waals surface area (Å²) in [6.07, 6.45) is 0. The molecule has 17 heavy (non-hydrogen) atoms. The molecule has 0 N–H and O–H groups in total. The lowest BCUT2D eigenvalue weighted by Gasteiger charge is -2.04. The van der Waals surface area contributed by atoms with Gasteiger partial charge in [-0.3, -0.25) is 4.79 Å². The Labute approximate surface area is 112 Å². The molecule has 4 heteroatoms. The molecule has 0 radical (unpaired) electrons. The Hall–Kier alpha value is -1.13. The van der Waals surface area contributed by atoms with Gasteiger partial charge in [-0.15, -0.1) is 11.3 Å². The number of rotatable bonds is 4. The van der Waals surface area contributed by atoms with Crippen LogP contribution in [0.5, 0.6) is 5.75 Å². The highest BCUT2D eigenvalue weighted by Gasteiger charge is 2.11. The topological polar surface area (TPSA) is 26.3 Å². The molecule has 1 heterocycles. The molecule has 1 aromatic heterocycles. The van der Waals surface area contributed by atoms with Gasteiger partial charge in [0.15, 0.2) is 0 Å². The maximum absolute atomic E-state index is 12.2. The molecule has 2 rings (SSSR count). The van der Waals surface area contributed by atoms with Crippen LogP contribution in [0.15, 0.2) is 40.2 Å². The van der Waals surface area contributed by atoms with Gasteiger partial charge in [0.2, 0.25) is 5.78 Å². The van der Waals surface area contributed by atoms with Crippen molar-refractivity contribution in [2.75, 3.05) is 6.61 Å². The van der Waals surface area contributed by atoms with E-state index in [0.717, 1.165) is 15.1 Å². The zero-order chi connectivity index (χ0) is 12.3. The summed E-state index contributed by atoms with van der Waals surface area (Å²) < 4.78 is 6.32. The van der Waals surface area contributed by atoms with Gasteiger partial charge in [0, 0.05) is 15.4 Å². The van der Waals surface area contributed by atoms with E-state index < -0.39 is 0 Å². The number of benzene rings is 1. The third-order valence-electron chi connectivity index (χ3n) is 2.20. The van der Waals surface area contributed by atoms with E-state index in [-0.39, 0.29) is 5.78 Å². The fraction of sp³-hybridized carbons (Fsp3) is 0.154. The molecule has 88 valence electrons. The maximum atomic E-state index is 12.2. The Morgan fingerprint density at radius 3 is 2.88 bits per heavy atom. The first-order valence-electron chi connectivity index (χ1n) is 5.22. The van der Waals surface area contributed by atoms with Crippen molar-refractivity contribution in [3.63, 3.8) is 0 Å². The Balaban J connectivity index is 2.27. The minimum atomic E-state index is 0.0299. The second-order valence-electron chi connectivity index (χ2n) is 3.42. The van der Waals surface area contributed by atoms with Crippen LogP contribution in [-0.2, 0) is 0 Å².